The van der Waals surface area contributed by atoms with Crippen LogP contribution in [-0.4, -0.2) is 45.3 Å². The smallest absolute Gasteiger partial charge is 0.352 e. The van der Waals surface area contributed by atoms with Gasteiger partial charge in [-0.2, -0.15) is 0 Å². The van der Waals surface area contributed by atoms with Gasteiger partial charge >= 0.3 is 5.97 Å². The summed E-state index contributed by atoms with van der Waals surface area (Å²) in [5.74, 6) is -1.54. The Balaban J connectivity index is 2.83. The molecule has 2 N–H and O–H groups in total. The molecule has 106 valence electrons. The maximum absolute atomic E-state index is 11.7. The Morgan fingerprint density at radius 3 is 2.58 bits per heavy atom. The van der Waals surface area contributed by atoms with E-state index in [1.54, 1.807) is 0 Å². The second-order valence-corrected chi connectivity index (χ2v) is 4.82. The topological polar surface area (TPSA) is 82.8 Å². The molecule has 0 bridgehead atoms. The van der Waals surface area contributed by atoms with Gasteiger partial charge in [0.05, 0.1) is 0 Å². The number of carboxylic acid groups (broad SMARTS) is 1. The van der Waals surface area contributed by atoms with Gasteiger partial charge in [-0.3, -0.25) is 4.79 Å². The van der Waals surface area contributed by atoms with Crippen LogP contribution >= 0.6 is 0 Å². The first-order valence-electron chi connectivity index (χ1n) is 6.20. The molecular weight excluding hydrogens is 248 g/mol. The van der Waals surface area contributed by atoms with Crippen LogP contribution in [0.3, 0.4) is 0 Å². The van der Waals surface area contributed by atoms with E-state index in [9.17, 15) is 14.7 Å². The highest BCUT2D eigenvalue weighted by Crippen LogP contribution is 2.09. The van der Waals surface area contributed by atoms with E-state index < -0.39 is 11.5 Å². The Morgan fingerprint density at radius 1 is 1.42 bits per heavy atom. The predicted molar refractivity (Wildman–Crippen MR) is 71.7 cm³/mol. The van der Waals surface area contributed by atoms with Crippen molar-refractivity contribution in [3.05, 3.63) is 28.2 Å². The molecule has 0 saturated carbocycles. The number of aromatic hydroxyl groups is 1. The zero-order valence-electron chi connectivity index (χ0n) is 11.5. The van der Waals surface area contributed by atoms with Gasteiger partial charge in [-0.15, -0.1) is 0 Å². The molecule has 0 aliphatic heterocycles. The molecule has 1 aromatic rings. The molecule has 1 rings (SSSR count). The first-order valence-corrected chi connectivity index (χ1v) is 6.20. The first kappa shape index (κ1) is 15.2. The maximum atomic E-state index is 11.7. The fourth-order valence-corrected chi connectivity index (χ4v) is 1.73. The van der Waals surface area contributed by atoms with Gasteiger partial charge in [-0.1, -0.05) is 0 Å². The summed E-state index contributed by atoms with van der Waals surface area (Å²) in [7, 11) is 1.97. The molecule has 0 fully saturated rings. The van der Waals surface area contributed by atoms with Crippen molar-refractivity contribution in [3.63, 3.8) is 0 Å². The summed E-state index contributed by atoms with van der Waals surface area (Å²) in [6, 6.07) is 2.52. The lowest BCUT2D eigenvalue weighted by atomic mass is 10.2. The summed E-state index contributed by atoms with van der Waals surface area (Å²) < 4.78 is 1.18. The number of rotatable bonds is 6. The second kappa shape index (κ2) is 6.38. The van der Waals surface area contributed by atoms with Crippen LogP contribution in [0.5, 0.6) is 5.75 Å². The van der Waals surface area contributed by atoms with Gasteiger partial charge in [0.2, 0.25) is 0 Å². The highest BCUT2D eigenvalue weighted by molar-refractivity contribution is 5.86. The van der Waals surface area contributed by atoms with Crippen molar-refractivity contribution in [2.75, 3.05) is 13.6 Å². The summed E-state index contributed by atoms with van der Waals surface area (Å²) in [6.07, 6.45) is 0.666. The number of aromatic carboxylic acids is 1. The van der Waals surface area contributed by atoms with Crippen molar-refractivity contribution in [1.29, 1.82) is 0 Å². The van der Waals surface area contributed by atoms with Crippen LogP contribution in [-0.2, 0) is 6.54 Å². The summed E-state index contributed by atoms with van der Waals surface area (Å²) in [6.45, 7) is 5.21. The minimum atomic E-state index is -1.22. The lowest BCUT2D eigenvalue weighted by Gasteiger charge is -2.21. The van der Waals surface area contributed by atoms with E-state index in [1.807, 2.05) is 7.05 Å². The molecule has 6 heteroatoms. The van der Waals surface area contributed by atoms with Crippen LogP contribution in [0.2, 0.25) is 0 Å². The van der Waals surface area contributed by atoms with Crippen LogP contribution in [0.1, 0.15) is 30.8 Å². The largest absolute Gasteiger partial charge is 0.508 e. The molecule has 0 unspecified atom stereocenters. The monoisotopic (exact) mass is 268 g/mol. The van der Waals surface area contributed by atoms with Gasteiger partial charge in [0.15, 0.2) is 0 Å². The van der Waals surface area contributed by atoms with Crippen molar-refractivity contribution in [2.24, 2.45) is 0 Å². The summed E-state index contributed by atoms with van der Waals surface area (Å²) in [5.41, 5.74) is -0.679. The normalized spacial score (nSPS) is 11.2. The molecule has 19 heavy (non-hydrogen) atoms. The standard InChI is InChI=1S/C13H20N2O4/c1-9(2)14(3)5-4-6-15-11(13(18)19)7-10(16)8-12(15)17/h7-9,16H,4-6H2,1-3H3,(H,18,19). The molecule has 6 nitrogen and oxygen atoms in total. The van der Waals surface area contributed by atoms with Gasteiger partial charge in [0, 0.05) is 24.7 Å². The quantitative estimate of drug-likeness (QED) is 0.803. The zero-order valence-corrected chi connectivity index (χ0v) is 11.5. The zero-order chi connectivity index (χ0) is 14.6. The van der Waals surface area contributed by atoms with Gasteiger partial charge in [-0.05, 0) is 33.9 Å². The number of hydrogen-bond acceptors (Lipinski definition) is 4. The van der Waals surface area contributed by atoms with Crippen LogP contribution in [0.4, 0.5) is 0 Å². The molecule has 0 aliphatic carbocycles. The second-order valence-electron chi connectivity index (χ2n) is 4.82. The Bertz CT molecular complexity index is 508. The van der Waals surface area contributed by atoms with E-state index in [4.69, 9.17) is 5.11 Å². The fraction of sp³-hybridized carbons (Fsp3) is 0.538. The highest BCUT2D eigenvalue weighted by Gasteiger charge is 2.13. The summed E-state index contributed by atoms with van der Waals surface area (Å²) in [5, 5.41) is 18.3. The number of aromatic nitrogens is 1. The Kier molecular flexibility index (Phi) is 5.11. The molecule has 0 amide bonds. The molecule has 0 saturated heterocycles. The lowest BCUT2D eigenvalue weighted by molar-refractivity contribution is 0.0682. The van der Waals surface area contributed by atoms with Crippen LogP contribution < -0.4 is 5.56 Å². The van der Waals surface area contributed by atoms with Gasteiger partial charge < -0.3 is 19.7 Å². The molecule has 0 atom stereocenters. The van der Waals surface area contributed by atoms with Crippen molar-refractivity contribution in [1.82, 2.24) is 9.47 Å². The van der Waals surface area contributed by atoms with E-state index in [2.05, 4.69) is 18.7 Å². The van der Waals surface area contributed by atoms with E-state index >= 15 is 0 Å². The molecule has 0 radical (unpaired) electrons. The van der Waals surface area contributed by atoms with Crippen LogP contribution in [0.25, 0.3) is 0 Å². The first-order chi connectivity index (χ1) is 8.82. The van der Waals surface area contributed by atoms with Crippen LogP contribution in [0.15, 0.2) is 16.9 Å². The Hall–Kier alpha value is -1.82. The average Bonchev–Trinajstić information content (AvgIpc) is 2.30. The third kappa shape index (κ3) is 4.10. The number of carbonyl (C=O) groups is 1. The molecule has 0 spiro atoms. The Morgan fingerprint density at radius 2 is 2.05 bits per heavy atom. The average molecular weight is 268 g/mol. The van der Waals surface area contributed by atoms with E-state index in [1.165, 1.54) is 4.57 Å². The van der Waals surface area contributed by atoms with Crippen molar-refractivity contribution >= 4 is 5.97 Å². The third-order valence-corrected chi connectivity index (χ3v) is 3.11. The SMILES string of the molecule is CC(C)N(C)CCCn1c(C(=O)O)cc(O)cc1=O. The lowest BCUT2D eigenvalue weighted by Crippen LogP contribution is -2.30. The molecule has 0 aliphatic rings. The van der Waals surface area contributed by atoms with E-state index in [-0.39, 0.29) is 11.4 Å². The van der Waals surface area contributed by atoms with Gasteiger partial charge in [0.25, 0.3) is 5.56 Å². The summed E-state index contributed by atoms with van der Waals surface area (Å²) >= 11 is 0. The molecule has 0 aromatic carbocycles. The minimum Gasteiger partial charge on any atom is -0.508 e. The fourth-order valence-electron chi connectivity index (χ4n) is 1.73. The van der Waals surface area contributed by atoms with E-state index in [0.29, 0.717) is 19.0 Å². The van der Waals surface area contributed by atoms with Crippen molar-refractivity contribution in [2.45, 2.75) is 32.9 Å². The summed E-state index contributed by atoms with van der Waals surface area (Å²) in [4.78, 5) is 24.9. The molecule has 1 heterocycles. The minimum absolute atomic E-state index is 0.183. The number of nitrogens with zero attached hydrogens (tertiary/aromatic N) is 2. The molecular formula is C13H20N2O4. The van der Waals surface area contributed by atoms with Gasteiger partial charge in [-0.25, -0.2) is 4.79 Å². The maximum Gasteiger partial charge on any atom is 0.352 e. The van der Waals surface area contributed by atoms with E-state index in [0.717, 1.165) is 18.7 Å². The Labute approximate surface area is 111 Å². The number of carboxylic acids is 1. The van der Waals surface area contributed by atoms with Crippen LogP contribution in [0, 0.1) is 0 Å². The third-order valence-electron chi connectivity index (χ3n) is 3.11. The molecule has 1 aromatic heterocycles. The highest BCUT2D eigenvalue weighted by atomic mass is 16.4. The van der Waals surface area contributed by atoms with Crippen molar-refractivity contribution in [3.8, 4) is 5.75 Å². The number of pyridine rings is 1. The number of hydrogen-bond donors (Lipinski definition) is 2. The van der Waals surface area contributed by atoms with Crippen molar-refractivity contribution < 1.29 is 15.0 Å². The predicted octanol–water partition coefficient (Wildman–Crippen LogP) is 0.982. The van der Waals surface area contributed by atoms with Gasteiger partial charge in [0.1, 0.15) is 11.4 Å².